The SMILES string of the molecule is CN(C)c1cccc(OCCCCc2ccc3nc(C(=O)N4CCN(C(=O)OC(C)(C)C)CC4)[nH]c3c2)c1. The van der Waals surface area contributed by atoms with Crippen molar-refractivity contribution in [3.8, 4) is 5.75 Å². The zero-order chi connectivity index (χ0) is 27.3. The number of aryl methyl sites for hydroxylation is 1. The molecule has 1 N–H and O–H groups in total. The number of carbonyl (C=O) groups excluding carboxylic acids is 2. The first-order valence-electron chi connectivity index (χ1n) is 13.2. The van der Waals surface area contributed by atoms with E-state index in [1.165, 1.54) is 5.56 Å². The molecule has 0 saturated carbocycles. The molecule has 0 spiro atoms. The average molecular weight is 522 g/mol. The molecule has 3 aromatic rings. The fraction of sp³-hybridized carbons (Fsp3) is 0.483. The Morgan fingerprint density at radius 3 is 2.45 bits per heavy atom. The molecular formula is C29H39N5O4. The number of hydrogen-bond donors (Lipinski definition) is 1. The second kappa shape index (κ2) is 11.8. The third-order valence-electron chi connectivity index (χ3n) is 6.43. The highest BCUT2D eigenvalue weighted by atomic mass is 16.6. The predicted molar refractivity (Wildman–Crippen MR) is 149 cm³/mol. The number of amides is 2. The molecule has 204 valence electrons. The number of anilines is 1. The second-order valence-corrected chi connectivity index (χ2v) is 10.9. The van der Waals surface area contributed by atoms with Crippen LogP contribution in [0.25, 0.3) is 11.0 Å². The van der Waals surface area contributed by atoms with Crippen LogP contribution >= 0.6 is 0 Å². The van der Waals surface area contributed by atoms with Crippen molar-refractivity contribution in [3.05, 3.63) is 53.9 Å². The number of hydrogen-bond acceptors (Lipinski definition) is 6. The third kappa shape index (κ3) is 7.18. The van der Waals surface area contributed by atoms with Crippen molar-refractivity contribution in [2.75, 3.05) is 51.8 Å². The molecule has 2 amide bonds. The van der Waals surface area contributed by atoms with E-state index in [2.05, 4.69) is 33.1 Å². The molecule has 1 saturated heterocycles. The van der Waals surface area contributed by atoms with Crippen molar-refractivity contribution in [2.24, 2.45) is 0 Å². The minimum atomic E-state index is -0.538. The van der Waals surface area contributed by atoms with Gasteiger partial charge in [-0.05, 0) is 69.9 Å². The first-order chi connectivity index (χ1) is 18.1. The Labute approximate surface area is 224 Å². The van der Waals surface area contributed by atoms with E-state index in [-0.39, 0.29) is 12.0 Å². The molecule has 0 aliphatic carbocycles. The molecule has 0 atom stereocenters. The Kier molecular flexibility index (Phi) is 8.44. The van der Waals surface area contributed by atoms with Crippen LogP contribution < -0.4 is 9.64 Å². The zero-order valence-corrected chi connectivity index (χ0v) is 23.1. The summed E-state index contributed by atoms with van der Waals surface area (Å²) in [6.07, 6.45) is 2.53. The van der Waals surface area contributed by atoms with Crippen LogP contribution in [0.15, 0.2) is 42.5 Å². The number of piperazine rings is 1. The third-order valence-corrected chi connectivity index (χ3v) is 6.43. The van der Waals surface area contributed by atoms with Gasteiger partial charge in [0.2, 0.25) is 0 Å². The van der Waals surface area contributed by atoms with E-state index in [0.717, 1.165) is 41.7 Å². The van der Waals surface area contributed by atoms with Crippen LogP contribution in [0.5, 0.6) is 5.75 Å². The molecule has 2 heterocycles. The largest absolute Gasteiger partial charge is 0.494 e. The summed E-state index contributed by atoms with van der Waals surface area (Å²) < 4.78 is 11.4. The molecule has 1 aromatic heterocycles. The Morgan fingerprint density at radius 2 is 1.74 bits per heavy atom. The van der Waals surface area contributed by atoms with Crippen LogP contribution in [0.1, 0.15) is 49.8 Å². The van der Waals surface area contributed by atoms with Gasteiger partial charge < -0.3 is 29.2 Å². The first-order valence-corrected chi connectivity index (χ1v) is 13.2. The van der Waals surface area contributed by atoms with Gasteiger partial charge in [-0.2, -0.15) is 0 Å². The van der Waals surface area contributed by atoms with E-state index in [0.29, 0.717) is 38.6 Å². The lowest BCUT2D eigenvalue weighted by Crippen LogP contribution is -2.51. The summed E-state index contributed by atoms with van der Waals surface area (Å²) in [6.45, 7) is 7.98. The minimum Gasteiger partial charge on any atom is -0.494 e. The first kappa shape index (κ1) is 27.3. The molecule has 0 unspecified atom stereocenters. The van der Waals surface area contributed by atoms with Gasteiger partial charge in [0.15, 0.2) is 5.82 Å². The summed E-state index contributed by atoms with van der Waals surface area (Å²) in [6, 6.07) is 14.2. The fourth-order valence-corrected chi connectivity index (χ4v) is 4.35. The van der Waals surface area contributed by atoms with Crippen molar-refractivity contribution < 1.29 is 19.1 Å². The van der Waals surface area contributed by atoms with Gasteiger partial charge in [-0.15, -0.1) is 0 Å². The lowest BCUT2D eigenvalue weighted by molar-refractivity contribution is 0.0139. The van der Waals surface area contributed by atoms with Crippen LogP contribution in [-0.4, -0.2) is 84.3 Å². The van der Waals surface area contributed by atoms with Gasteiger partial charge in [0.1, 0.15) is 11.4 Å². The number of H-pyrrole nitrogens is 1. The van der Waals surface area contributed by atoms with Gasteiger partial charge in [-0.3, -0.25) is 4.79 Å². The van der Waals surface area contributed by atoms with Gasteiger partial charge in [0.05, 0.1) is 17.6 Å². The molecule has 1 aliphatic rings. The van der Waals surface area contributed by atoms with E-state index in [1.807, 2.05) is 59.1 Å². The van der Waals surface area contributed by atoms with E-state index < -0.39 is 5.60 Å². The smallest absolute Gasteiger partial charge is 0.410 e. The van der Waals surface area contributed by atoms with Gasteiger partial charge in [-0.25, -0.2) is 9.78 Å². The summed E-state index contributed by atoms with van der Waals surface area (Å²) >= 11 is 0. The number of nitrogens with zero attached hydrogens (tertiary/aromatic N) is 4. The maximum absolute atomic E-state index is 13.1. The molecule has 9 nitrogen and oxygen atoms in total. The van der Waals surface area contributed by atoms with Gasteiger partial charge in [0, 0.05) is 52.0 Å². The number of aromatic amines is 1. The Bertz CT molecular complexity index is 1260. The summed E-state index contributed by atoms with van der Waals surface area (Å²) in [7, 11) is 4.03. The topological polar surface area (TPSA) is 91.0 Å². The molecule has 1 aliphatic heterocycles. The number of carbonyl (C=O) groups is 2. The van der Waals surface area contributed by atoms with Crippen molar-refractivity contribution in [3.63, 3.8) is 0 Å². The summed E-state index contributed by atoms with van der Waals surface area (Å²) in [5.41, 5.74) is 3.41. The number of rotatable bonds is 8. The standard InChI is InChI=1S/C29H39N5O4/c1-29(2,3)38-28(36)34-16-14-33(15-17-34)27(35)26-30-24-13-12-21(19-25(24)31-26)9-6-7-18-37-23-11-8-10-22(20-23)32(4)5/h8,10-13,19-20H,6-7,9,14-18H2,1-5H3,(H,30,31). The molecule has 0 bridgehead atoms. The summed E-state index contributed by atoms with van der Waals surface area (Å²) in [5, 5.41) is 0. The number of aromatic nitrogens is 2. The predicted octanol–water partition coefficient (Wildman–Crippen LogP) is 4.72. The second-order valence-electron chi connectivity index (χ2n) is 10.9. The maximum Gasteiger partial charge on any atom is 0.410 e. The number of nitrogens with one attached hydrogen (secondary N) is 1. The van der Waals surface area contributed by atoms with Crippen LogP contribution in [0.4, 0.5) is 10.5 Å². The number of benzene rings is 2. The maximum atomic E-state index is 13.1. The quantitative estimate of drug-likeness (QED) is 0.431. The number of imidazole rings is 1. The molecule has 0 radical (unpaired) electrons. The van der Waals surface area contributed by atoms with Crippen LogP contribution in [0, 0.1) is 0 Å². The van der Waals surface area contributed by atoms with E-state index in [9.17, 15) is 9.59 Å². The summed E-state index contributed by atoms with van der Waals surface area (Å²) in [4.78, 5) is 38.5. The Morgan fingerprint density at radius 1 is 1.00 bits per heavy atom. The Hall–Kier alpha value is -3.75. The fourth-order valence-electron chi connectivity index (χ4n) is 4.35. The number of fused-ring (bicyclic) bond motifs is 1. The normalized spacial score (nSPS) is 14.0. The van der Waals surface area contributed by atoms with Crippen LogP contribution in [0.3, 0.4) is 0 Å². The molecule has 4 rings (SSSR count). The highest BCUT2D eigenvalue weighted by Crippen LogP contribution is 2.21. The lowest BCUT2D eigenvalue weighted by Gasteiger charge is -2.35. The minimum absolute atomic E-state index is 0.151. The van der Waals surface area contributed by atoms with Crippen molar-refractivity contribution in [2.45, 2.75) is 45.6 Å². The number of ether oxygens (including phenoxy) is 2. The monoisotopic (exact) mass is 521 g/mol. The van der Waals surface area contributed by atoms with E-state index in [4.69, 9.17) is 9.47 Å². The highest BCUT2D eigenvalue weighted by molar-refractivity contribution is 5.94. The molecular weight excluding hydrogens is 482 g/mol. The van der Waals surface area contributed by atoms with E-state index >= 15 is 0 Å². The highest BCUT2D eigenvalue weighted by Gasteiger charge is 2.29. The molecule has 38 heavy (non-hydrogen) atoms. The lowest BCUT2D eigenvalue weighted by atomic mass is 10.1. The Balaban J connectivity index is 1.25. The van der Waals surface area contributed by atoms with Gasteiger partial charge in [-0.1, -0.05) is 12.1 Å². The number of unbranched alkanes of at least 4 members (excludes halogenated alkanes) is 1. The van der Waals surface area contributed by atoms with Crippen molar-refractivity contribution in [1.82, 2.24) is 19.8 Å². The average Bonchev–Trinajstić information content (AvgIpc) is 3.31. The van der Waals surface area contributed by atoms with Crippen molar-refractivity contribution in [1.29, 1.82) is 0 Å². The molecule has 2 aromatic carbocycles. The van der Waals surface area contributed by atoms with Gasteiger partial charge in [0.25, 0.3) is 5.91 Å². The van der Waals surface area contributed by atoms with Gasteiger partial charge >= 0.3 is 6.09 Å². The van der Waals surface area contributed by atoms with Crippen LogP contribution in [0.2, 0.25) is 0 Å². The summed E-state index contributed by atoms with van der Waals surface area (Å²) in [5.74, 6) is 1.07. The van der Waals surface area contributed by atoms with Crippen LogP contribution in [-0.2, 0) is 11.2 Å². The molecule has 1 fully saturated rings. The zero-order valence-electron chi connectivity index (χ0n) is 23.1. The molecule has 9 heteroatoms. The van der Waals surface area contributed by atoms with Crippen molar-refractivity contribution >= 4 is 28.7 Å². The van der Waals surface area contributed by atoms with E-state index in [1.54, 1.807) is 9.80 Å².